The molecular weight excluding hydrogens is 190 g/mol. The minimum Gasteiger partial charge on any atom is -0.375 e. The van der Waals surface area contributed by atoms with Crippen molar-refractivity contribution in [3.8, 4) is 11.8 Å². The first-order valence-electron chi connectivity index (χ1n) is 4.38. The second-order valence-corrected chi connectivity index (χ2v) is 2.69. The highest BCUT2D eigenvalue weighted by atomic mass is 16.5. The van der Waals surface area contributed by atoms with Gasteiger partial charge >= 0.3 is 0 Å². The van der Waals surface area contributed by atoms with Gasteiger partial charge in [0.05, 0.1) is 0 Å². The van der Waals surface area contributed by atoms with E-state index in [4.69, 9.17) is 0 Å². The second-order valence-electron chi connectivity index (χ2n) is 2.69. The second kappa shape index (κ2) is 7.60. The van der Waals surface area contributed by atoms with E-state index in [-0.39, 0.29) is 12.5 Å². The molecule has 3 nitrogen and oxygen atoms in total. The minimum atomic E-state index is -0.235. The molecule has 0 aliphatic heterocycles. The number of hydrogen-bond donors (Lipinski definition) is 1. The summed E-state index contributed by atoms with van der Waals surface area (Å²) in [6.45, 7) is 9.01. The Bertz CT molecular complexity index is 342. The highest BCUT2D eigenvalue weighted by Gasteiger charge is 2.00. The lowest BCUT2D eigenvalue weighted by Gasteiger charge is -2.04. The van der Waals surface area contributed by atoms with Gasteiger partial charge in [-0.2, -0.15) is 0 Å². The van der Waals surface area contributed by atoms with E-state index in [9.17, 15) is 4.79 Å². The summed E-state index contributed by atoms with van der Waals surface area (Å²) < 4.78 is 4.68. The van der Waals surface area contributed by atoms with Crippen molar-refractivity contribution < 1.29 is 9.53 Å². The third-order valence-corrected chi connectivity index (χ3v) is 1.39. The van der Waals surface area contributed by atoms with Crippen LogP contribution < -0.4 is 5.32 Å². The van der Waals surface area contributed by atoms with Gasteiger partial charge in [0.15, 0.2) is 0 Å². The quantitative estimate of drug-likeness (QED) is 0.544. The largest absolute Gasteiger partial charge is 0.375 e. The summed E-state index contributed by atoms with van der Waals surface area (Å²) in [7, 11) is 1.46. The molecule has 3 heteroatoms. The van der Waals surface area contributed by atoms with Crippen LogP contribution in [0.3, 0.4) is 0 Å². The van der Waals surface area contributed by atoms with Crippen LogP contribution >= 0.6 is 0 Å². The van der Waals surface area contributed by atoms with Gasteiger partial charge in [-0.25, -0.2) is 0 Å². The monoisotopic (exact) mass is 205 g/mol. The predicted molar refractivity (Wildman–Crippen MR) is 60.9 cm³/mol. The van der Waals surface area contributed by atoms with E-state index in [1.807, 2.05) is 0 Å². The van der Waals surface area contributed by atoms with Crippen molar-refractivity contribution in [2.75, 3.05) is 13.7 Å². The Morgan fingerprint density at radius 2 is 2.27 bits per heavy atom. The van der Waals surface area contributed by atoms with E-state index in [2.05, 4.69) is 35.1 Å². The lowest BCUT2D eigenvalue weighted by Crippen LogP contribution is -2.25. The number of methoxy groups -OCH3 is 1. The zero-order valence-corrected chi connectivity index (χ0v) is 9.09. The number of nitrogens with one attached hydrogen (secondary N) is 1. The molecule has 1 N–H and O–H groups in total. The van der Waals surface area contributed by atoms with Crippen molar-refractivity contribution in [3.05, 3.63) is 36.6 Å². The van der Waals surface area contributed by atoms with Gasteiger partial charge in [-0.05, 0) is 19.1 Å². The van der Waals surface area contributed by atoms with Gasteiger partial charge in [-0.3, -0.25) is 4.79 Å². The summed E-state index contributed by atoms with van der Waals surface area (Å²) >= 11 is 0. The van der Waals surface area contributed by atoms with Gasteiger partial charge in [0.25, 0.3) is 0 Å². The van der Waals surface area contributed by atoms with E-state index < -0.39 is 0 Å². The Morgan fingerprint density at radius 3 is 2.73 bits per heavy atom. The Labute approximate surface area is 90.5 Å². The molecule has 0 aromatic heterocycles. The molecule has 0 heterocycles. The molecule has 80 valence electrons. The van der Waals surface area contributed by atoms with Crippen molar-refractivity contribution in [3.63, 3.8) is 0 Å². The third kappa shape index (κ3) is 6.30. The average Bonchev–Trinajstić information content (AvgIpc) is 2.17. The van der Waals surface area contributed by atoms with Crippen LogP contribution in [0.5, 0.6) is 0 Å². The van der Waals surface area contributed by atoms with E-state index in [0.717, 1.165) is 0 Å². The fraction of sp³-hybridized carbons (Fsp3) is 0.250. The summed E-state index contributed by atoms with van der Waals surface area (Å²) in [6.07, 6.45) is 3.17. The normalized spacial score (nSPS) is 9.87. The summed E-state index contributed by atoms with van der Waals surface area (Å²) in [5.74, 6) is 5.24. The van der Waals surface area contributed by atoms with Crippen LogP contribution in [0.2, 0.25) is 0 Å². The van der Waals surface area contributed by atoms with Crippen LogP contribution in [-0.4, -0.2) is 19.6 Å². The van der Waals surface area contributed by atoms with Crippen molar-refractivity contribution in [1.82, 2.24) is 5.32 Å². The Balaban J connectivity index is 4.47. The maximum atomic E-state index is 11.2. The smallest absolute Gasteiger partial charge is 0.250 e. The molecule has 0 aliphatic rings. The lowest BCUT2D eigenvalue weighted by atomic mass is 10.2. The molecule has 0 rings (SSSR count). The van der Waals surface area contributed by atoms with E-state index in [1.165, 1.54) is 13.2 Å². The van der Waals surface area contributed by atoms with Gasteiger partial charge in [-0.15, -0.1) is 5.92 Å². The lowest BCUT2D eigenvalue weighted by molar-refractivity contribution is -0.123. The number of hydrogen-bond acceptors (Lipinski definition) is 2. The number of carbonyl (C=O) groups is 1. The van der Waals surface area contributed by atoms with Crippen molar-refractivity contribution in [2.45, 2.75) is 6.92 Å². The maximum absolute atomic E-state index is 11.2. The Morgan fingerprint density at radius 1 is 1.60 bits per heavy atom. The highest BCUT2D eigenvalue weighted by Crippen LogP contribution is 1.98. The van der Waals surface area contributed by atoms with Crippen LogP contribution in [0.25, 0.3) is 0 Å². The fourth-order valence-corrected chi connectivity index (χ4v) is 0.859. The minimum absolute atomic E-state index is 0.0110. The zero-order chi connectivity index (χ0) is 11.7. The zero-order valence-electron chi connectivity index (χ0n) is 9.09. The van der Waals surface area contributed by atoms with Gasteiger partial charge in [-0.1, -0.05) is 19.1 Å². The molecular formula is C12H15NO2. The van der Waals surface area contributed by atoms with Gasteiger partial charge < -0.3 is 10.1 Å². The van der Waals surface area contributed by atoms with Gasteiger partial charge in [0.1, 0.15) is 6.61 Å². The van der Waals surface area contributed by atoms with Crippen LogP contribution in [0.15, 0.2) is 36.6 Å². The topological polar surface area (TPSA) is 38.3 Å². The molecule has 0 aliphatic carbocycles. The van der Waals surface area contributed by atoms with Gasteiger partial charge in [0.2, 0.25) is 5.91 Å². The number of carbonyl (C=O) groups excluding carboxylic acids is 1. The summed E-state index contributed by atoms with van der Waals surface area (Å²) in [6, 6.07) is 0. The standard InChI is InChI=1S/C12H15NO2/c1-5-7-10(3)8-11(6-2)13-12(14)9-15-4/h6,8H,2-3,9H2,1,4H3,(H,13,14)/b11-8+. The van der Waals surface area contributed by atoms with Crippen LogP contribution in [0, 0.1) is 11.8 Å². The van der Waals surface area contributed by atoms with Gasteiger partial charge in [0, 0.05) is 18.4 Å². The maximum Gasteiger partial charge on any atom is 0.250 e. The van der Waals surface area contributed by atoms with Crippen LogP contribution in [0.1, 0.15) is 6.92 Å². The molecule has 0 aromatic rings. The van der Waals surface area contributed by atoms with E-state index in [0.29, 0.717) is 11.3 Å². The molecule has 0 atom stereocenters. The third-order valence-electron chi connectivity index (χ3n) is 1.39. The number of rotatable bonds is 5. The molecule has 0 saturated heterocycles. The van der Waals surface area contributed by atoms with Crippen LogP contribution in [0.4, 0.5) is 0 Å². The van der Waals surface area contributed by atoms with E-state index >= 15 is 0 Å². The number of ether oxygens (including phenoxy) is 1. The summed E-state index contributed by atoms with van der Waals surface area (Å²) in [5.41, 5.74) is 1.18. The molecule has 15 heavy (non-hydrogen) atoms. The molecule has 0 radical (unpaired) electrons. The number of amides is 1. The van der Waals surface area contributed by atoms with Crippen molar-refractivity contribution in [1.29, 1.82) is 0 Å². The number of allylic oxidation sites excluding steroid dienone is 3. The average molecular weight is 205 g/mol. The molecule has 0 aromatic carbocycles. The first-order valence-corrected chi connectivity index (χ1v) is 4.38. The Hall–Kier alpha value is -1.79. The first-order chi connectivity index (χ1) is 7.13. The molecule has 0 unspecified atom stereocenters. The Kier molecular flexibility index (Phi) is 6.69. The first kappa shape index (κ1) is 13.2. The van der Waals surface area contributed by atoms with Crippen LogP contribution in [-0.2, 0) is 9.53 Å². The molecule has 0 bridgehead atoms. The molecule has 0 fully saturated rings. The SMILES string of the molecule is C=C/C(=C\C(=C)C#CC)NC(=O)COC. The molecule has 0 saturated carbocycles. The predicted octanol–water partition coefficient (Wildman–Crippen LogP) is 1.40. The summed E-state index contributed by atoms with van der Waals surface area (Å²) in [5, 5.41) is 2.61. The fourth-order valence-electron chi connectivity index (χ4n) is 0.859. The van der Waals surface area contributed by atoms with Crippen molar-refractivity contribution >= 4 is 5.91 Å². The summed E-state index contributed by atoms with van der Waals surface area (Å²) in [4.78, 5) is 11.2. The molecule has 0 spiro atoms. The van der Waals surface area contributed by atoms with Crippen molar-refractivity contribution in [2.24, 2.45) is 0 Å². The molecule has 1 amide bonds. The highest BCUT2D eigenvalue weighted by molar-refractivity contribution is 5.79. The van der Waals surface area contributed by atoms with E-state index in [1.54, 1.807) is 13.0 Å².